The van der Waals surface area contributed by atoms with Crippen molar-refractivity contribution in [2.45, 2.75) is 19.4 Å². The van der Waals surface area contributed by atoms with Crippen LogP contribution in [0, 0.1) is 0 Å². The van der Waals surface area contributed by atoms with Crippen LogP contribution < -0.4 is 5.73 Å². The standard InChI is InChI=1S/C10H12BrNO3/c1-2-5-3-6(8(12)10(14)15)9(13)7(11)4-5/h3-4,8,13H,2,12H2,1H3,(H,14,15)/t8-/m0/s1. The number of carboxylic acid groups (broad SMARTS) is 1. The van der Waals surface area contributed by atoms with E-state index in [0.717, 1.165) is 12.0 Å². The molecule has 0 aliphatic heterocycles. The third-order valence-corrected chi connectivity index (χ3v) is 2.77. The second kappa shape index (κ2) is 4.63. The van der Waals surface area contributed by atoms with E-state index >= 15 is 0 Å². The van der Waals surface area contributed by atoms with Crippen molar-refractivity contribution in [2.24, 2.45) is 5.73 Å². The van der Waals surface area contributed by atoms with Crippen LogP contribution in [0.3, 0.4) is 0 Å². The van der Waals surface area contributed by atoms with Gasteiger partial charge in [-0.3, -0.25) is 4.79 Å². The zero-order valence-electron chi connectivity index (χ0n) is 8.20. The first-order valence-corrected chi connectivity index (χ1v) is 5.26. The highest BCUT2D eigenvalue weighted by Gasteiger charge is 2.20. The average Bonchev–Trinajstić information content (AvgIpc) is 2.20. The Bertz CT molecular complexity index is 392. The first-order chi connectivity index (χ1) is 6.97. The van der Waals surface area contributed by atoms with Crippen molar-refractivity contribution in [3.8, 4) is 5.75 Å². The molecule has 0 heterocycles. The van der Waals surface area contributed by atoms with Crippen molar-refractivity contribution >= 4 is 21.9 Å². The lowest BCUT2D eigenvalue weighted by molar-refractivity contribution is -0.138. The highest BCUT2D eigenvalue weighted by molar-refractivity contribution is 9.10. The van der Waals surface area contributed by atoms with E-state index in [2.05, 4.69) is 15.9 Å². The molecule has 0 spiro atoms. The second-order valence-corrected chi connectivity index (χ2v) is 4.04. The van der Waals surface area contributed by atoms with Crippen LogP contribution in [0.2, 0.25) is 0 Å². The van der Waals surface area contributed by atoms with E-state index in [1.165, 1.54) is 0 Å². The van der Waals surface area contributed by atoms with E-state index in [1.807, 2.05) is 6.92 Å². The van der Waals surface area contributed by atoms with E-state index in [4.69, 9.17) is 10.8 Å². The predicted octanol–water partition coefficient (Wildman–Crippen LogP) is 1.80. The van der Waals surface area contributed by atoms with E-state index < -0.39 is 12.0 Å². The van der Waals surface area contributed by atoms with Gasteiger partial charge in [-0.1, -0.05) is 6.92 Å². The molecule has 0 saturated carbocycles. The zero-order chi connectivity index (χ0) is 11.6. The van der Waals surface area contributed by atoms with Crippen molar-refractivity contribution in [2.75, 3.05) is 0 Å². The molecule has 0 aliphatic carbocycles. The molecule has 0 aliphatic rings. The minimum absolute atomic E-state index is 0.109. The Morgan fingerprint density at radius 2 is 2.20 bits per heavy atom. The van der Waals surface area contributed by atoms with Crippen molar-refractivity contribution in [3.63, 3.8) is 0 Å². The van der Waals surface area contributed by atoms with Crippen LogP contribution in [-0.4, -0.2) is 16.2 Å². The highest BCUT2D eigenvalue weighted by atomic mass is 79.9. The average molecular weight is 274 g/mol. The number of rotatable bonds is 3. The summed E-state index contributed by atoms with van der Waals surface area (Å²) in [6, 6.07) is 2.15. The molecule has 1 aromatic carbocycles. The fraction of sp³-hybridized carbons (Fsp3) is 0.300. The lowest BCUT2D eigenvalue weighted by Gasteiger charge is -2.12. The number of halogens is 1. The van der Waals surface area contributed by atoms with Crippen LogP contribution in [-0.2, 0) is 11.2 Å². The van der Waals surface area contributed by atoms with Gasteiger partial charge < -0.3 is 15.9 Å². The molecule has 15 heavy (non-hydrogen) atoms. The Hall–Kier alpha value is -1.07. The van der Waals surface area contributed by atoms with Gasteiger partial charge in [-0.25, -0.2) is 0 Å². The van der Waals surface area contributed by atoms with Crippen molar-refractivity contribution in [1.29, 1.82) is 0 Å². The number of phenols is 1. The number of hydrogen-bond donors (Lipinski definition) is 3. The van der Waals surface area contributed by atoms with Gasteiger partial charge in [0.1, 0.15) is 11.8 Å². The first-order valence-electron chi connectivity index (χ1n) is 4.47. The topological polar surface area (TPSA) is 83.5 Å². The maximum Gasteiger partial charge on any atom is 0.325 e. The maximum absolute atomic E-state index is 10.7. The number of aromatic hydroxyl groups is 1. The summed E-state index contributed by atoms with van der Waals surface area (Å²) in [6.45, 7) is 1.94. The molecule has 4 nitrogen and oxygen atoms in total. The quantitative estimate of drug-likeness (QED) is 0.784. The molecule has 4 N–H and O–H groups in total. The van der Waals surface area contributed by atoms with Crippen LogP contribution in [0.4, 0.5) is 0 Å². The Balaban J connectivity index is 3.27. The largest absolute Gasteiger partial charge is 0.506 e. The fourth-order valence-electron chi connectivity index (χ4n) is 1.25. The summed E-state index contributed by atoms with van der Waals surface area (Å²) in [5.74, 6) is -1.27. The lowest BCUT2D eigenvalue weighted by Crippen LogP contribution is -2.21. The number of carboxylic acids is 1. The Morgan fingerprint density at radius 3 is 2.67 bits per heavy atom. The molecule has 1 atom stereocenters. The van der Waals surface area contributed by atoms with Crippen LogP contribution in [0.25, 0.3) is 0 Å². The van der Waals surface area contributed by atoms with Crippen LogP contribution in [0.5, 0.6) is 5.75 Å². The first kappa shape index (κ1) is 12.0. The summed E-state index contributed by atoms with van der Waals surface area (Å²) in [6.07, 6.45) is 0.748. The SMILES string of the molecule is CCc1cc(Br)c(O)c([C@H](N)C(=O)O)c1. The Kier molecular flexibility index (Phi) is 3.71. The minimum atomic E-state index is -1.20. The van der Waals surface area contributed by atoms with Crippen molar-refractivity contribution in [1.82, 2.24) is 0 Å². The van der Waals surface area contributed by atoms with E-state index in [-0.39, 0.29) is 11.3 Å². The monoisotopic (exact) mass is 273 g/mol. The van der Waals surface area contributed by atoms with Crippen molar-refractivity contribution < 1.29 is 15.0 Å². The molecule has 1 rings (SSSR count). The van der Waals surface area contributed by atoms with E-state index in [0.29, 0.717) is 4.47 Å². The zero-order valence-corrected chi connectivity index (χ0v) is 9.78. The number of nitrogens with two attached hydrogens (primary N) is 1. The summed E-state index contributed by atoms with van der Waals surface area (Å²) in [5.41, 5.74) is 6.60. The van der Waals surface area contributed by atoms with Gasteiger partial charge in [0, 0.05) is 5.56 Å². The van der Waals surface area contributed by atoms with Gasteiger partial charge in [0.15, 0.2) is 0 Å². The number of phenolic OH excluding ortho intramolecular Hbond substituents is 1. The maximum atomic E-state index is 10.7. The molecular formula is C10H12BrNO3. The smallest absolute Gasteiger partial charge is 0.325 e. The summed E-state index contributed by atoms with van der Waals surface area (Å²) in [5, 5.41) is 18.4. The van der Waals surface area contributed by atoms with Gasteiger partial charge >= 0.3 is 5.97 Å². The molecule has 1 aromatic rings. The van der Waals surface area contributed by atoms with Crippen LogP contribution in [0.15, 0.2) is 16.6 Å². The van der Waals surface area contributed by atoms with Gasteiger partial charge in [0.05, 0.1) is 4.47 Å². The molecule has 0 radical (unpaired) electrons. The molecule has 0 fully saturated rings. The van der Waals surface area contributed by atoms with E-state index in [1.54, 1.807) is 12.1 Å². The highest BCUT2D eigenvalue weighted by Crippen LogP contribution is 2.32. The number of benzene rings is 1. The number of aliphatic carboxylic acids is 1. The number of carbonyl (C=O) groups is 1. The molecule has 5 heteroatoms. The minimum Gasteiger partial charge on any atom is -0.506 e. The van der Waals surface area contributed by atoms with Gasteiger partial charge in [-0.2, -0.15) is 0 Å². The molecule has 0 aromatic heterocycles. The summed E-state index contributed by atoms with van der Waals surface area (Å²) >= 11 is 3.16. The Morgan fingerprint density at radius 1 is 1.60 bits per heavy atom. The van der Waals surface area contributed by atoms with Gasteiger partial charge in [0.25, 0.3) is 0 Å². The van der Waals surface area contributed by atoms with Crippen molar-refractivity contribution in [3.05, 3.63) is 27.7 Å². The van der Waals surface area contributed by atoms with Gasteiger partial charge in [-0.05, 0) is 40.0 Å². The Labute approximate surface area is 95.8 Å². The normalized spacial score (nSPS) is 12.5. The summed E-state index contributed by atoms with van der Waals surface area (Å²) < 4.78 is 0.466. The third kappa shape index (κ3) is 2.49. The summed E-state index contributed by atoms with van der Waals surface area (Å²) in [7, 11) is 0. The predicted molar refractivity (Wildman–Crippen MR) is 59.7 cm³/mol. The number of hydrogen-bond acceptors (Lipinski definition) is 3. The molecule has 0 saturated heterocycles. The van der Waals surface area contributed by atoms with E-state index in [9.17, 15) is 9.90 Å². The second-order valence-electron chi connectivity index (χ2n) is 3.18. The van der Waals surface area contributed by atoms with Gasteiger partial charge in [-0.15, -0.1) is 0 Å². The fourth-order valence-corrected chi connectivity index (χ4v) is 1.78. The van der Waals surface area contributed by atoms with Crippen LogP contribution in [0.1, 0.15) is 24.1 Å². The van der Waals surface area contributed by atoms with Gasteiger partial charge in [0.2, 0.25) is 0 Å². The molecule has 0 amide bonds. The molecule has 0 unspecified atom stereocenters. The summed E-state index contributed by atoms with van der Waals surface area (Å²) in [4.78, 5) is 10.7. The molecular weight excluding hydrogens is 262 g/mol. The lowest BCUT2D eigenvalue weighted by atomic mass is 10.0. The number of aryl methyl sites for hydroxylation is 1. The molecule has 82 valence electrons. The molecule has 0 bridgehead atoms. The third-order valence-electron chi connectivity index (χ3n) is 2.16. The van der Waals surface area contributed by atoms with Crippen LogP contribution >= 0.6 is 15.9 Å².